The van der Waals surface area contributed by atoms with Crippen molar-refractivity contribution in [1.82, 2.24) is 9.78 Å². The van der Waals surface area contributed by atoms with Gasteiger partial charge in [0.05, 0.1) is 12.3 Å². The van der Waals surface area contributed by atoms with Crippen LogP contribution in [0.1, 0.15) is 22.9 Å². The molecule has 88 valence electrons. The summed E-state index contributed by atoms with van der Waals surface area (Å²) in [6.07, 6.45) is 2.08. The highest BCUT2D eigenvalue weighted by Crippen LogP contribution is 2.29. The first-order valence-electron chi connectivity index (χ1n) is 5.67. The summed E-state index contributed by atoms with van der Waals surface area (Å²) in [5, 5.41) is 14.4. The number of nitrogens with zero attached hydrogens (tertiary/aromatic N) is 2. The van der Waals surface area contributed by atoms with Crippen LogP contribution in [0, 0.1) is 0 Å². The molecule has 0 spiro atoms. The molecule has 0 radical (unpaired) electrons. The Bertz CT molecular complexity index is 548. The molecule has 3 rings (SSSR count). The second-order valence-electron chi connectivity index (χ2n) is 4.28. The lowest BCUT2D eigenvalue weighted by Gasteiger charge is -2.09. The predicted molar refractivity (Wildman–Crippen MR) is 62.9 cm³/mol. The van der Waals surface area contributed by atoms with E-state index in [9.17, 15) is 5.11 Å². The Morgan fingerprint density at radius 1 is 1.41 bits per heavy atom. The molecule has 1 aliphatic heterocycles. The molecule has 1 N–H and O–H groups in total. The lowest BCUT2D eigenvalue weighted by molar-refractivity contribution is 0.214. The molecule has 0 saturated carbocycles. The molecule has 2 heterocycles. The van der Waals surface area contributed by atoms with Gasteiger partial charge in [0.25, 0.3) is 0 Å². The number of ether oxygens (including phenoxy) is 1. The molecule has 1 aliphatic rings. The normalized spacial score (nSPS) is 15.4. The maximum atomic E-state index is 10.2. The van der Waals surface area contributed by atoms with Crippen LogP contribution in [0.15, 0.2) is 30.5 Å². The van der Waals surface area contributed by atoms with Gasteiger partial charge in [-0.05, 0) is 29.3 Å². The second-order valence-corrected chi connectivity index (χ2v) is 4.28. The summed E-state index contributed by atoms with van der Waals surface area (Å²) in [5.41, 5.74) is 2.71. The maximum Gasteiger partial charge on any atom is 0.123 e. The molecule has 1 aromatic carbocycles. The Hall–Kier alpha value is -1.81. The van der Waals surface area contributed by atoms with Crippen molar-refractivity contribution in [2.75, 3.05) is 6.61 Å². The van der Waals surface area contributed by atoms with Crippen molar-refractivity contribution in [3.63, 3.8) is 0 Å². The molecule has 1 atom stereocenters. The number of aryl methyl sites for hydroxylation is 1. The molecule has 4 nitrogen and oxygen atoms in total. The summed E-state index contributed by atoms with van der Waals surface area (Å²) < 4.78 is 7.13. The zero-order valence-electron chi connectivity index (χ0n) is 9.63. The smallest absolute Gasteiger partial charge is 0.123 e. The highest BCUT2D eigenvalue weighted by molar-refractivity contribution is 5.41. The van der Waals surface area contributed by atoms with E-state index < -0.39 is 6.10 Å². The van der Waals surface area contributed by atoms with E-state index in [0.29, 0.717) is 5.69 Å². The molecule has 0 amide bonds. The number of aliphatic hydroxyl groups excluding tert-OH is 1. The van der Waals surface area contributed by atoms with Gasteiger partial charge in [-0.1, -0.05) is 6.07 Å². The van der Waals surface area contributed by atoms with Crippen molar-refractivity contribution in [2.45, 2.75) is 12.5 Å². The summed E-state index contributed by atoms with van der Waals surface area (Å²) in [4.78, 5) is 0. The number of aliphatic hydroxyl groups is 1. The number of aromatic nitrogens is 2. The Labute approximate surface area is 99.5 Å². The Morgan fingerprint density at radius 2 is 2.29 bits per heavy atom. The van der Waals surface area contributed by atoms with Gasteiger partial charge in [0.2, 0.25) is 0 Å². The Balaban J connectivity index is 1.94. The van der Waals surface area contributed by atoms with Gasteiger partial charge in [-0.2, -0.15) is 5.10 Å². The van der Waals surface area contributed by atoms with Gasteiger partial charge in [0.15, 0.2) is 0 Å². The van der Waals surface area contributed by atoms with Crippen LogP contribution in [-0.2, 0) is 13.5 Å². The molecule has 1 unspecified atom stereocenters. The number of benzene rings is 1. The number of rotatable bonds is 2. The summed E-state index contributed by atoms with van der Waals surface area (Å²) in [5.74, 6) is 0.932. The molecular weight excluding hydrogens is 216 g/mol. The third kappa shape index (κ3) is 1.80. The second kappa shape index (κ2) is 3.89. The summed E-state index contributed by atoms with van der Waals surface area (Å²) >= 11 is 0. The molecular formula is C13H14N2O2. The maximum absolute atomic E-state index is 10.2. The predicted octanol–water partition coefficient (Wildman–Crippen LogP) is 1.44. The van der Waals surface area contributed by atoms with E-state index in [0.717, 1.165) is 29.9 Å². The molecule has 0 aliphatic carbocycles. The standard InChI is InChI=1S/C13H14N2O2/c1-15-6-4-11(14-15)13(16)10-2-3-12-9(8-10)5-7-17-12/h2-4,6,8,13,16H,5,7H2,1H3. The number of hydrogen-bond donors (Lipinski definition) is 1. The average Bonchev–Trinajstić information content (AvgIpc) is 2.95. The number of fused-ring (bicyclic) bond motifs is 1. The highest BCUT2D eigenvalue weighted by Gasteiger charge is 2.17. The first kappa shape index (κ1) is 10.4. The van der Waals surface area contributed by atoms with Crippen molar-refractivity contribution >= 4 is 0 Å². The topological polar surface area (TPSA) is 47.3 Å². The minimum atomic E-state index is -0.665. The largest absolute Gasteiger partial charge is 0.493 e. The van der Waals surface area contributed by atoms with E-state index in [-0.39, 0.29) is 0 Å². The van der Waals surface area contributed by atoms with E-state index >= 15 is 0 Å². The van der Waals surface area contributed by atoms with Crippen molar-refractivity contribution in [1.29, 1.82) is 0 Å². The van der Waals surface area contributed by atoms with Crippen LogP contribution in [0.2, 0.25) is 0 Å². The molecule has 0 saturated heterocycles. The van der Waals surface area contributed by atoms with Crippen LogP contribution in [0.4, 0.5) is 0 Å². The Kier molecular flexibility index (Phi) is 2.37. The van der Waals surface area contributed by atoms with Gasteiger partial charge < -0.3 is 9.84 Å². The average molecular weight is 230 g/mol. The van der Waals surface area contributed by atoms with E-state index in [1.165, 1.54) is 0 Å². The van der Waals surface area contributed by atoms with Crippen LogP contribution in [-0.4, -0.2) is 21.5 Å². The fourth-order valence-electron chi connectivity index (χ4n) is 2.13. The van der Waals surface area contributed by atoms with Gasteiger partial charge in [0, 0.05) is 19.7 Å². The van der Waals surface area contributed by atoms with Crippen molar-refractivity contribution in [3.8, 4) is 5.75 Å². The lowest BCUT2D eigenvalue weighted by atomic mass is 10.0. The summed E-state index contributed by atoms with van der Waals surface area (Å²) in [7, 11) is 1.84. The SMILES string of the molecule is Cn1ccc(C(O)c2ccc3c(c2)CCO3)n1. The monoisotopic (exact) mass is 230 g/mol. The van der Waals surface area contributed by atoms with E-state index in [2.05, 4.69) is 5.10 Å². The zero-order valence-corrected chi connectivity index (χ0v) is 9.63. The third-order valence-corrected chi connectivity index (χ3v) is 3.04. The first-order valence-corrected chi connectivity index (χ1v) is 5.67. The highest BCUT2D eigenvalue weighted by atomic mass is 16.5. The van der Waals surface area contributed by atoms with E-state index in [1.807, 2.05) is 37.5 Å². The summed E-state index contributed by atoms with van der Waals surface area (Å²) in [6.45, 7) is 0.735. The van der Waals surface area contributed by atoms with Gasteiger partial charge in [0.1, 0.15) is 11.9 Å². The van der Waals surface area contributed by atoms with Crippen molar-refractivity contribution < 1.29 is 9.84 Å². The van der Waals surface area contributed by atoms with Crippen LogP contribution in [0.5, 0.6) is 5.75 Å². The van der Waals surface area contributed by atoms with E-state index in [4.69, 9.17) is 4.74 Å². The molecule has 17 heavy (non-hydrogen) atoms. The minimum Gasteiger partial charge on any atom is -0.493 e. The molecule has 0 bridgehead atoms. The van der Waals surface area contributed by atoms with Gasteiger partial charge in [-0.25, -0.2) is 0 Å². The van der Waals surface area contributed by atoms with Crippen LogP contribution in [0.3, 0.4) is 0 Å². The van der Waals surface area contributed by atoms with Crippen LogP contribution >= 0.6 is 0 Å². The molecule has 4 heteroatoms. The fourth-order valence-corrected chi connectivity index (χ4v) is 2.13. The van der Waals surface area contributed by atoms with Crippen LogP contribution in [0.25, 0.3) is 0 Å². The summed E-state index contributed by atoms with van der Waals surface area (Å²) in [6, 6.07) is 7.64. The Morgan fingerprint density at radius 3 is 3.06 bits per heavy atom. The van der Waals surface area contributed by atoms with Crippen molar-refractivity contribution in [3.05, 3.63) is 47.3 Å². The van der Waals surface area contributed by atoms with Gasteiger partial charge in [-0.15, -0.1) is 0 Å². The lowest BCUT2D eigenvalue weighted by Crippen LogP contribution is -2.02. The fraction of sp³-hybridized carbons (Fsp3) is 0.308. The zero-order chi connectivity index (χ0) is 11.8. The third-order valence-electron chi connectivity index (χ3n) is 3.04. The molecule has 2 aromatic rings. The molecule has 0 fully saturated rings. The number of hydrogen-bond acceptors (Lipinski definition) is 3. The molecule has 1 aromatic heterocycles. The first-order chi connectivity index (χ1) is 8.24. The van der Waals surface area contributed by atoms with Crippen LogP contribution < -0.4 is 4.74 Å². The quantitative estimate of drug-likeness (QED) is 0.849. The van der Waals surface area contributed by atoms with Crippen molar-refractivity contribution in [2.24, 2.45) is 7.05 Å². The van der Waals surface area contributed by atoms with Gasteiger partial charge >= 0.3 is 0 Å². The minimum absolute atomic E-state index is 0.665. The van der Waals surface area contributed by atoms with E-state index in [1.54, 1.807) is 4.68 Å². The van der Waals surface area contributed by atoms with Gasteiger partial charge in [-0.3, -0.25) is 4.68 Å².